The molecular weight excluding hydrogens is 212 g/mol. The maximum absolute atomic E-state index is 8.83. The van der Waals surface area contributed by atoms with E-state index in [0.29, 0.717) is 12.1 Å². The molecule has 1 N–H and O–H groups in total. The summed E-state index contributed by atoms with van der Waals surface area (Å²) in [4.78, 5) is 0. The Morgan fingerprint density at radius 3 is 3.18 bits per heavy atom. The zero-order chi connectivity index (χ0) is 12.1. The van der Waals surface area contributed by atoms with Crippen molar-refractivity contribution < 1.29 is 4.74 Å². The van der Waals surface area contributed by atoms with Crippen LogP contribution in [0, 0.1) is 11.3 Å². The van der Waals surface area contributed by atoms with E-state index in [-0.39, 0.29) is 0 Å². The van der Waals surface area contributed by atoms with Gasteiger partial charge in [-0.15, -0.1) is 0 Å². The Labute approximate surface area is 102 Å². The summed E-state index contributed by atoms with van der Waals surface area (Å²) in [6.45, 7) is 3.79. The van der Waals surface area contributed by atoms with E-state index in [2.05, 4.69) is 24.4 Å². The van der Waals surface area contributed by atoms with E-state index < -0.39 is 0 Å². The van der Waals surface area contributed by atoms with Gasteiger partial charge in [0.25, 0.3) is 0 Å². The third-order valence-corrected chi connectivity index (χ3v) is 3.14. The quantitative estimate of drug-likeness (QED) is 0.866. The molecule has 3 nitrogen and oxygen atoms in total. The number of rotatable bonds is 3. The maximum Gasteiger partial charge on any atom is 0.0991 e. The topological polar surface area (TPSA) is 45.0 Å². The van der Waals surface area contributed by atoms with Crippen molar-refractivity contribution in [3.8, 4) is 6.07 Å². The predicted octanol–water partition coefficient (Wildman–Crippen LogP) is 2.22. The highest BCUT2D eigenvalue weighted by atomic mass is 16.5. The zero-order valence-electron chi connectivity index (χ0n) is 10.1. The van der Waals surface area contributed by atoms with Crippen molar-refractivity contribution in [2.24, 2.45) is 0 Å². The van der Waals surface area contributed by atoms with Gasteiger partial charge in [-0.05, 0) is 37.5 Å². The molecule has 0 bridgehead atoms. The Kier molecular flexibility index (Phi) is 4.13. The lowest BCUT2D eigenvalue weighted by Gasteiger charge is -2.28. The van der Waals surface area contributed by atoms with Gasteiger partial charge in [0.2, 0.25) is 0 Å². The molecular formula is C14H18N2O. The van der Waals surface area contributed by atoms with Gasteiger partial charge in [-0.1, -0.05) is 12.1 Å². The van der Waals surface area contributed by atoms with Crippen LogP contribution in [-0.2, 0) is 11.3 Å². The molecule has 2 unspecified atom stereocenters. The molecule has 0 radical (unpaired) electrons. The van der Waals surface area contributed by atoms with Gasteiger partial charge in [-0.2, -0.15) is 5.26 Å². The molecule has 0 aliphatic carbocycles. The zero-order valence-corrected chi connectivity index (χ0v) is 10.1. The van der Waals surface area contributed by atoms with Crippen LogP contribution < -0.4 is 5.32 Å². The number of nitrogens with zero attached hydrogens (tertiary/aromatic N) is 1. The van der Waals surface area contributed by atoms with Crippen molar-refractivity contribution in [2.45, 2.75) is 38.5 Å². The van der Waals surface area contributed by atoms with Gasteiger partial charge in [0, 0.05) is 19.2 Å². The van der Waals surface area contributed by atoms with Crippen LogP contribution in [0.3, 0.4) is 0 Å². The van der Waals surface area contributed by atoms with Gasteiger partial charge in [-0.3, -0.25) is 0 Å². The lowest BCUT2D eigenvalue weighted by atomic mass is 10.0. The summed E-state index contributed by atoms with van der Waals surface area (Å²) in [6.07, 6.45) is 2.49. The molecule has 17 heavy (non-hydrogen) atoms. The second kappa shape index (κ2) is 5.81. The van der Waals surface area contributed by atoms with Gasteiger partial charge < -0.3 is 10.1 Å². The Hall–Kier alpha value is -1.37. The number of benzene rings is 1. The molecule has 1 heterocycles. The molecule has 2 rings (SSSR count). The lowest BCUT2D eigenvalue weighted by Crippen LogP contribution is -2.37. The molecule has 0 aromatic heterocycles. The summed E-state index contributed by atoms with van der Waals surface area (Å²) in [7, 11) is 0. The molecule has 0 spiro atoms. The summed E-state index contributed by atoms with van der Waals surface area (Å²) >= 11 is 0. The average molecular weight is 230 g/mol. The Balaban J connectivity index is 1.87. The molecule has 1 saturated heterocycles. The SMILES string of the molecule is CC1CC(NCc2cccc(C#N)c2)CCO1. The van der Waals surface area contributed by atoms with E-state index in [9.17, 15) is 0 Å². The number of nitriles is 1. The van der Waals surface area contributed by atoms with Crippen LogP contribution in [0.2, 0.25) is 0 Å². The summed E-state index contributed by atoms with van der Waals surface area (Å²) in [5.74, 6) is 0. The first-order valence-electron chi connectivity index (χ1n) is 6.12. The van der Waals surface area contributed by atoms with Crippen molar-refractivity contribution in [2.75, 3.05) is 6.61 Å². The first-order chi connectivity index (χ1) is 8.28. The number of ether oxygens (including phenoxy) is 1. The fourth-order valence-electron chi connectivity index (χ4n) is 2.20. The van der Waals surface area contributed by atoms with E-state index in [0.717, 1.165) is 31.6 Å². The van der Waals surface area contributed by atoms with Crippen LogP contribution in [0.25, 0.3) is 0 Å². The number of hydrogen-bond acceptors (Lipinski definition) is 3. The fraction of sp³-hybridized carbons (Fsp3) is 0.500. The van der Waals surface area contributed by atoms with Crippen LogP contribution in [-0.4, -0.2) is 18.8 Å². The van der Waals surface area contributed by atoms with Crippen LogP contribution >= 0.6 is 0 Å². The van der Waals surface area contributed by atoms with E-state index in [1.807, 2.05) is 18.2 Å². The number of hydrogen-bond donors (Lipinski definition) is 1. The minimum Gasteiger partial charge on any atom is -0.378 e. The largest absolute Gasteiger partial charge is 0.378 e. The molecule has 90 valence electrons. The van der Waals surface area contributed by atoms with Crippen molar-refractivity contribution in [3.63, 3.8) is 0 Å². The normalized spacial score (nSPS) is 24.2. The van der Waals surface area contributed by atoms with Gasteiger partial charge >= 0.3 is 0 Å². The van der Waals surface area contributed by atoms with E-state index in [1.165, 1.54) is 5.56 Å². The lowest BCUT2D eigenvalue weighted by molar-refractivity contribution is 0.0130. The molecule has 1 aromatic carbocycles. The fourth-order valence-corrected chi connectivity index (χ4v) is 2.20. The molecule has 1 fully saturated rings. The standard InChI is InChI=1S/C14H18N2O/c1-11-7-14(5-6-17-11)16-10-13-4-2-3-12(8-13)9-15/h2-4,8,11,14,16H,5-7,10H2,1H3. The van der Waals surface area contributed by atoms with Crippen molar-refractivity contribution in [1.82, 2.24) is 5.32 Å². The molecule has 1 aromatic rings. The predicted molar refractivity (Wildman–Crippen MR) is 66.4 cm³/mol. The van der Waals surface area contributed by atoms with Gasteiger partial charge in [0.1, 0.15) is 0 Å². The van der Waals surface area contributed by atoms with Crippen molar-refractivity contribution in [3.05, 3.63) is 35.4 Å². The van der Waals surface area contributed by atoms with Crippen LogP contribution in [0.15, 0.2) is 24.3 Å². The second-order valence-electron chi connectivity index (χ2n) is 4.60. The third-order valence-electron chi connectivity index (χ3n) is 3.14. The van der Waals surface area contributed by atoms with E-state index in [1.54, 1.807) is 0 Å². The number of nitrogens with one attached hydrogen (secondary N) is 1. The highest BCUT2D eigenvalue weighted by Crippen LogP contribution is 2.14. The summed E-state index contributed by atoms with van der Waals surface area (Å²) in [5.41, 5.74) is 1.90. The van der Waals surface area contributed by atoms with Gasteiger partial charge in [0.15, 0.2) is 0 Å². The smallest absolute Gasteiger partial charge is 0.0991 e. The summed E-state index contributed by atoms with van der Waals surface area (Å²) in [6, 6.07) is 10.5. The first kappa shape index (κ1) is 12.1. The van der Waals surface area contributed by atoms with Crippen LogP contribution in [0.5, 0.6) is 0 Å². The van der Waals surface area contributed by atoms with Gasteiger partial charge in [-0.25, -0.2) is 0 Å². The minimum atomic E-state index is 0.353. The van der Waals surface area contributed by atoms with Gasteiger partial charge in [0.05, 0.1) is 17.7 Å². The molecule has 0 saturated carbocycles. The van der Waals surface area contributed by atoms with E-state index >= 15 is 0 Å². The third kappa shape index (κ3) is 3.55. The summed E-state index contributed by atoms with van der Waals surface area (Å²) in [5, 5.41) is 12.4. The first-order valence-corrected chi connectivity index (χ1v) is 6.12. The highest BCUT2D eigenvalue weighted by molar-refractivity contribution is 5.32. The minimum absolute atomic E-state index is 0.353. The highest BCUT2D eigenvalue weighted by Gasteiger charge is 2.18. The van der Waals surface area contributed by atoms with Crippen LogP contribution in [0.4, 0.5) is 0 Å². The Morgan fingerprint density at radius 1 is 1.53 bits per heavy atom. The second-order valence-corrected chi connectivity index (χ2v) is 4.60. The van der Waals surface area contributed by atoms with Crippen LogP contribution in [0.1, 0.15) is 30.9 Å². The van der Waals surface area contributed by atoms with Crippen molar-refractivity contribution in [1.29, 1.82) is 5.26 Å². The van der Waals surface area contributed by atoms with E-state index in [4.69, 9.17) is 10.00 Å². The maximum atomic E-state index is 8.83. The summed E-state index contributed by atoms with van der Waals surface area (Å²) < 4.78 is 5.51. The average Bonchev–Trinajstić information content (AvgIpc) is 2.37. The molecule has 2 atom stereocenters. The molecule has 0 amide bonds. The Bertz CT molecular complexity index is 411. The molecule has 1 aliphatic rings. The molecule has 1 aliphatic heterocycles. The Morgan fingerprint density at radius 2 is 2.41 bits per heavy atom. The monoisotopic (exact) mass is 230 g/mol. The molecule has 3 heteroatoms. The van der Waals surface area contributed by atoms with Crippen molar-refractivity contribution >= 4 is 0 Å².